The first-order chi connectivity index (χ1) is 5.27. The van der Waals surface area contributed by atoms with Crippen LogP contribution in [-0.2, 0) is 0 Å². The van der Waals surface area contributed by atoms with E-state index >= 15 is 0 Å². The fourth-order valence-corrected chi connectivity index (χ4v) is 0.963. The Labute approximate surface area is 67.1 Å². The van der Waals surface area contributed by atoms with E-state index in [1.165, 1.54) is 5.56 Å². The summed E-state index contributed by atoms with van der Waals surface area (Å²) in [5, 5.41) is 0. The molecule has 0 saturated heterocycles. The molecule has 0 amide bonds. The molecule has 11 heavy (non-hydrogen) atoms. The van der Waals surface area contributed by atoms with Gasteiger partial charge in [0.2, 0.25) is 0 Å². The van der Waals surface area contributed by atoms with Gasteiger partial charge in [-0.1, -0.05) is 24.8 Å². The molecular formula is C10H11N. The van der Waals surface area contributed by atoms with Gasteiger partial charge in [0.15, 0.2) is 0 Å². The summed E-state index contributed by atoms with van der Waals surface area (Å²) >= 11 is 0. The van der Waals surface area contributed by atoms with Crippen LogP contribution in [0.4, 0.5) is 5.69 Å². The van der Waals surface area contributed by atoms with Crippen molar-refractivity contribution < 1.29 is 0 Å². The predicted octanol–water partition coefficient (Wildman–Crippen LogP) is 2.97. The first-order valence-corrected chi connectivity index (χ1v) is 3.47. The summed E-state index contributed by atoms with van der Waals surface area (Å²) in [6, 6.07) is 6.02. The molecular weight excluding hydrogens is 134 g/mol. The number of nitrogens with zero attached hydrogens (tertiary/aromatic N) is 1. The van der Waals surface area contributed by atoms with E-state index < -0.39 is 0 Å². The Morgan fingerprint density at radius 2 is 2.18 bits per heavy atom. The van der Waals surface area contributed by atoms with E-state index in [1.54, 1.807) is 6.08 Å². The molecule has 1 heteroatoms. The molecule has 0 aromatic heterocycles. The molecule has 56 valence electrons. The van der Waals surface area contributed by atoms with Crippen molar-refractivity contribution in [3.8, 4) is 0 Å². The maximum absolute atomic E-state index is 3.88. The number of benzene rings is 1. The highest BCUT2D eigenvalue weighted by Gasteiger charge is 1.94. The number of aliphatic imine (C=N–C) groups is 1. The standard InChI is InChI=1S/C10H11N/c1-4-9-6-5-8(2)7-10(9)11-3/h4-7H,1,3H2,2H3. The van der Waals surface area contributed by atoms with Crippen molar-refractivity contribution in [1.82, 2.24) is 0 Å². The third-order valence-corrected chi connectivity index (χ3v) is 1.58. The molecule has 0 radical (unpaired) electrons. The zero-order valence-corrected chi connectivity index (χ0v) is 6.67. The SMILES string of the molecule is C=Cc1ccc(C)cc1N=C. The van der Waals surface area contributed by atoms with Gasteiger partial charge in [0, 0.05) is 0 Å². The molecule has 0 aliphatic carbocycles. The highest BCUT2D eigenvalue weighted by atomic mass is 14.7. The molecule has 1 rings (SSSR count). The van der Waals surface area contributed by atoms with E-state index in [-0.39, 0.29) is 0 Å². The van der Waals surface area contributed by atoms with Gasteiger partial charge in [-0.25, -0.2) is 0 Å². The van der Waals surface area contributed by atoms with Gasteiger partial charge >= 0.3 is 0 Å². The number of hydrogen-bond acceptors (Lipinski definition) is 1. The summed E-state index contributed by atoms with van der Waals surface area (Å²) in [5.74, 6) is 0. The van der Waals surface area contributed by atoms with Crippen molar-refractivity contribution in [3.05, 3.63) is 35.9 Å². The highest BCUT2D eigenvalue weighted by Crippen LogP contribution is 2.20. The van der Waals surface area contributed by atoms with Gasteiger partial charge < -0.3 is 0 Å². The van der Waals surface area contributed by atoms with Crippen molar-refractivity contribution in [1.29, 1.82) is 0 Å². The van der Waals surface area contributed by atoms with Crippen LogP contribution < -0.4 is 0 Å². The Morgan fingerprint density at radius 1 is 1.45 bits per heavy atom. The zero-order chi connectivity index (χ0) is 8.27. The van der Waals surface area contributed by atoms with Gasteiger partial charge in [0.1, 0.15) is 0 Å². The Kier molecular flexibility index (Phi) is 2.21. The molecule has 1 aromatic rings. The Balaban J connectivity index is 3.26. The van der Waals surface area contributed by atoms with Crippen LogP contribution in [0.2, 0.25) is 0 Å². The molecule has 0 atom stereocenters. The third kappa shape index (κ3) is 1.55. The van der Waals surface area contributed by atoms with Gasteiger partial charge in [-0.15, -0.1) is 0 Å². The summed E-state index contributed by atoms with van der Waals surface area (Å²) in [6.07, 6.45) is 1.78. The van der Waals surface area contributed by atoms with Crippen molar-refractivity contribution in [2.75, 3.05) is 0 Å². The largest absolute Gasteiger partial charge is 0.264 e. The van der Waals surface area contributed by atoms with Crippen molar-refractivity contribution >= 4 is 18.5 Å². The van der Waals surface area contributed by atoms with Gasteiger partial charge in [0.05, 0.1) is 5.69 Å². The number of hydrogen-bond donors (Lipinski definition) is 0. The highest BCUT2D eigenvalue weighted by molar-refractivity contribution is 5.65. The molecule has 0 fully saturated rings. The monoisotopic (exact) mass is 145 g/mol. The molecule has 0 aliphatic heterocycles. The minimum atomic E-state index is 0.903. The Hall–Kier alpha value is -1.37. The molecule has 0 unspecified atom stereocenters. The summed E-state index contributed by atoms with van der Waals surface area (Å²) in [5.41, 5.74) is 3.13. The van der Waals surface area contributed by atoms with E-state index in [2.05, 4.69) is 18.3 Å². The van der Waals surface area contributed by atoms with Gasteiger partial charge in [-0.3, -0.25) is 4.99 Å². The first kappa shape index (κ1) is 7.73. The molecule has 0 aliphatic rings. The van der Waals surface area contributed by atoms with Crippen LogP contribution in [-0.4, -0.2) is 6.72 Å². The topological polar surface area (TPSA) is 12.4 Å². The predicted molar refractivity (Wildman–Crippen MR) is 50.5 cm³/mol. The minimum Gasteiger partial charge on any atom is -0.264 e. The second-order valence-corrected chi connectivity index (χ2v) is 2.42. The van der Waals surface area contributed by atoms with Crippen LogP contribution in [0.5, 0.6) is 0 Å². The Morgan fingerprint density at radius 3 is 2.73 bits per heavy atom. The quantitative estimate of drug-likeness (QED) is 0.567. The minimum absolute atomic E-state index is 0.903. The van der Waals surface area contributed by atoms with Gasteiger partial charge in [0.25, 0.3) is 0 Å². The first-order valence-electron chi connectivity index (χ1n) is 3.47. The molecule has 0 spiro atoms. The molecule has 0 bridgehead atoms. The average Bonchev–Trinajstić information content (AvgIpc) is 2.04. The van der Waals surface area contributed by atoms with Crippen LogP contribution in [0.3, 0.4) is 0 Å². The number of rotatable bonds is 2. The lowest BCUT2D eigenvalue weighted by atomic mass is 10.1. The third-order valence-electron chi connectivity index (χ3n) is 1.58. The second kappa shape index (κ2) is 3.15. The van der Waals surface area contributed by atoms with Gasteiger partial charge in [-0.2, -0.15) is 0 Å². The molecule has 0 saturated carbocycles. The van der Waals surface area contributed by atoms with Crippen LogP contribution >= 0.6 is 0 Å². The normalized spacial score (nSPS) is 9.18. The number of aryl methyl sites for hydroxylation is 1. The fourth-order valence-electron chi connectivity index (χ4n) is 0.963. The Bertz CT molecular complexity index is 287. The second-order valence-electron chi connectivity index (χ2n) is 2.42. The maximum atomic E-state index is 3.88. The van der Waals surface area contributed by atoms with Crippen molar-refractivity contribution in [3.63, 3.8) is 0 Å². The summed E-state index contributed by atoms with van der Waals surface area (Å²) in [6.45, 7) is 9.19. The molecule has 1 nitrogen and oxygen atoms in total. The summed E-state index contributed by atoms with van der Waals surface area (Å²) in [4.78, 5) is 3.88. The van der Waals surface area contributed by atoms with E-state index in [0.717, 1.165) is 11.3 Å². The lowest BCUT2D eigenvalue weighted by Crippen LogP contribution is -1.75. The average molecular weight is 145 g/mol. The van der Waals surface area contributed by atoms with Crippen LogP contribution in [0, 0.1) is 6.92 Å². The summed E-state index contributed by atoms with van der Waals surface area (Å²) in [7, 11) is 0. The zero-order valence-electron chi connectivity index (χ0n) is 6.67. The van der Waals surface area contributed by atoms with Crippen LogP contribution in [0.1, 0.15) is 11.1 Å². The van der Waals surface area contributed by atoms with Crippen LogP contribution in [0.15, 0.2) is 29.8 Å². The smallest absolute Gasteiger partial charge is 0.0697 e. The molecule has 0 heterocycles. The lowest BCUT2D eigenvalue weighted by molar-refractivity contribution is 1.42. The lowest BCUT2D eigenvalue weighted by Gasteiger charge is -1.99. The van der Waals surface area contributed by atoms with Crippen molar-refractivity contribution in [2.24, 2.45) is 4.99 Å². The maximum Gasteiger partial charge on any atom is 0.0697 e. The molecule has 1 aromatic carbocycles. The fraction of sp³-hybridized carbons (Fsp3) is 0.100. The van der Waals surface area contributed by atoms with E-state index in [9.17, 15) is 0 Å². The summed E-state index contributed by atoms with van der Waals surface area (Å²) < 4.78 is 0. The molecule has 0 N–H and O–H groups in total. The van der Waals surface area contributed by atoms with Crippen molar-refractivity contribution in [2.45, 2.75) is 6.92 Å². The van der Waals surface area contributed by atoms with E-state index in [1.807, 2.05) is 25.1 Å². The van der Waals surface area contributed by atoms with Crippen LogP contribution in [0.25, 0.3) is 6.08 Å². The van der Waals surface area contributed by atoms with E-state index in [4.69, 9.17) is 0 Å². The van der Waals surface area contributed by atoms with E-state index in [0.29, 0.717) is 0 Å². The van der Waals surface area contributed by atoms with Gasteiger partial charge in [-0.05, 0) is 30.8 Å².